The second-order valence-corrected chi connectivity index (χ2v) is 13.3. The van der Waals surface area contributed by atoms with Crippen LogP contribution >= 0.6 is 43.3 Å². The Kier molecular flexibility index (Phi) is 5.16. The second kappa shape index (κ2) is 4.77. The van der Waals surface area contributed by atoms with E-state index in [1.54, 1.807) is 0 Å². The average Bonchev–Trinajstić information content (AvgIpc) is 1.98. The van der Waals surface area contributed by atoms with E-state index in [0.717, 1.165) is 0 Å². The quantitative estimate of drug-likeness (QED) is 0.241. The Hall–Kier alpha value is 1.31. The minimum atomic E-state index is -5.83. The molecule has 0 bridgehead atoms. The van der Waals surface area contributed by atoms with Gasteiger partial charge in [0.15, 0.2) is 0 Å². The fraction of sp³-hybridized carbons (Fsp3) is 1.00. The zero-order chi connectivity index (χ0) is 13.6. The van der Waals surface area contributed by atoms with Crippen molar-refractivity contribution in [3.8, 4) is 0 Å². The van der Waals surface area contributed by atoms with E-state index in [1.165, 1.54) is 0 Å². The van der Waals surface area contributed by atoms with Crippen molar-refractivity contribution in [1.82, 2.24) is 0 Å². The van der Waals surface area contributed by atoms with Crippen LogP contribution < -0.4 is 0 Å². The van der Waals surface area contributed by atoms with E-state index in [2.05, 4.69) is 23.2 Å². The van der Waals surface area contributed by atoms with Gasteiger partial charge < -0.3 is 0 Å². The standard InChI is InChI=1S/C4AsCl2F8I/c6-1(8,3(10,11)12)5(16)2(7,9)4(13,14)15. The summed E-state index contributed by atoms with van der Waals surface area (Å²) < 4.78 is 87.8. The predicted octanol–water partition coefficient (Wildman–Crippen LogP) is 4.43. The first-order valence-corrected chi connectivity index (χ1v) is 11.4. The van der Waals surface area contributed by atoms with E-state index in [4.69, 9.17) is 0 Å². The van der Waals surface area contributed by atoms with Gasteiger partial charge in [0.25, 0.3) is 0 Å². The molecule has 0 spiro atoms. The molecule has 0 aromatic carbocycles. The van der Waals surface area contributed by atoms with Gasteiger partial charge in [-0.05, 0) is 0 Å². The molecule has 0 saturated carbocycles. The molecule has 0 aliphatic carbocycles. The summed E-state index contributed by atoms with van der Waals surface area (Å²) in [6.45, 7) is 0. The van der Waals surface area contributed by atoms with Gasteiger partial charge in [-0.2, -0.15) is 0 Å². The van der Waals surface area contributed by atoms with Crippen LogP contribution in [0.4, 0.5) is 35.1 Å². The van der Waals surface area contributed by atoms with Crippen molar-refractivity contribution in [2.45, 2.75) is 20.2 Å². The first kappa shape index (κ1) is 17.3. The summed E-state index contributed by atoms with van der Waals surface area (Å²) in [5, 5.41) is 0. The Labute approximate surface area is 109 Å². The molecule has 2 atom stereocenters. The number of hydrogen-bond acceptors (Lipinski definition) is 0. The van der Waals surface area contributed by atoms with Crippen LogP contribution in [0.3, 0.4) is 0 Å². The predicted molar refractivity (Wildman–Crippen MR) is 51.3 cm³/mol. The van der Waals surface area contributed by atoms with E-state index >= 15 is 0 Å². The fourth-order valence-corrected chi connectivity index (χ4v) is 6.35. The van der Waals surface area contributed by atoms with E-state index in [-0.39, 0.29) is 0 Å². The number of alkyl halides is 10. The van der Waals surface area contributed by atoms with Gasteiger partial charge in [-0.15, -0.1) is 0 Å². The van der Waals surface area contributed by atoms with Crippen molar-refractivity contribution in [3.05, 3.63) is 0 Å². The van der Waals surface area contributed by atoms with Crippen LogP contribution in [0.15, 0.2) is 0 Å². The normalized spacial score (nSPS) is 23.4. The fourth-order valence-electron chi connectivity index (χ4n) is 0.399. The van der Waals surface area contributed by atoms with E-state index in [0.29, 0.717) is 20.1 Å². The molecule has 0 fully saturated rings. The van der Waals surface area contributed by atoms with Crippen LogP contribution in [-0.4, -0.2) is 31.5 Å². The second-order valence-electron chi connectivity index (χ2n) is 2.36. The van der Waals surface area contributed by atoms with Gasteiger partial charge >= 0.3 is 110 Å². The van der Waals surface area contributed by atoms with Crippen LogP contribution in [0.5, 0.6) is 0 Å². The Bertz CT molecular complexity index is 234. The maximum absolute atomic E-state index is 12.9. The van der Waals surface area contributed by atoms with Gasteiger partial charge in [0.1, 0.15) is 0 Å². The molecule has 2 unspecified atom stereocenters. The van der Waals surface area contributed by atoms with Crippen molar-refractivity contribution >= 4 is 54.6 Å². The maximum atomic E-state index is 12.9. The monoisotopic (exact) mass is 472 g/mol. The van der Waals surface area contributed by atoms with Crippen molar-refractivity contribution < 1.29 is 35.1 Å². The summed E-state index contributed by atoms with van der Waals surface area (Å²) in [7, 11) is 0. The summed E-state index contributed by atoms with van der Waals surface area (Å²) in [5.74, 6) is 0. The molecule has 0 amide bonds. The van der Waals surface area contributed by atoms with Crippen molar-refractivity contribution in [2.75, 3.05) is 0 Å². The van der Waals surface area contributed by atoms with Crippen molar-refractivity contribution in [3.63, 3.8) is 0 Å². The van der Waals surface area contributed by atoms with Crippen LogP contribution in [0.1, 0.15) is 0 Å². The molecule has 12 heteroatoms. The molecule has 0 saturated heterocycles. The summed E-state index contributed by atoms with van der Waals surface area (Å²) in [6, 6.07) is 0. The van der Waals surface area contributed by atoms with E-state index in [9.17, 15) is 35.1 Å². The molecule has 0 aromatic heterocycles. The van der Waals surface area contributed by atoms with Crippen molar-refractivity contribution in [2.24, 2.45) is 0 Å². The van der Waals surface area contributed by atoms with Gasteiger partial charge in [-0.3, -0.25) is 0 Å². The Morgan fingerprint density at radius 2 is 0.875 bits per heavy atom. The molecule has 0 aliphatic heterocycles. The molecule has 0 nitrogen and oxygen atoms in total. The summed E-state index contributed by atoms with van der Waals surface area (Å²) in [4.78, 5) is 0. The third-order valence-corrected chi connectivity index (χ3v) is 16.4. The van der Waals surface area contributed by atoms with Gasteiger partial charge in [-0.25, -0.2) is 0 Å². The first-order valence-electron chi connectivity index (χ1n) is 3.01. The third-order valence-electron chi connectivity index (χ3n) is 1.18. The van der Waals surface area contributed by atoms with Crippen LogP contribution in [0, 0.1) is 0 Å². The molecular weight excluding hydrogens is 473 g/mol. The van der Waals surface area contributed by atoms with Gasteiger partial charge in [0, 0.05) is 0 Å². The molecule has 0 N–H and O–H groups in total. The topological polar surface area (TPSA) is 0 Å². The van der Waals surface area contributed by atoms with Crippen molar-refractivity contribution in [1.29, 1.82) is 0 Å². The minimum absolute atomic E-state index is 0.369. The summed E-state index contributed by atoms with van der Waals surface area (Å²) >= 11 is 3.93. The Morgan fingerprint density at radius 3 is 1.00 bits per heavy atom. The molecule has 0 aromatic rings. The SMILES string of the molecule is FC(F)(F)C(F)(Cl)[As](I)C(F)(Cl)C(F)(F)F. The number of rotatable bonds is 2. The Morgan fingerprint density at radius 1 is 0.688 bits per heavy atom. The van der Waals surface area contributed by atoms with E-state index < -0.39 is 31.5 Å². The van der Waals surface area contributed by atoms with Crippen LogP contribution in [-0.2, 0) is 0 Å². The molecule has 0 aliphatic rings. The average molecular weight is 473 g/mol. The molecule has 98 valence electrons. The summed E-state index contributed by atoms with van der Waals surface area (Å²) in [6.07, 6.45) is -11.7. The molecule has 0 heterocycles. The molecule has 16 heavy (non-hydrogen) atoms. The molecule has 0 radical (unpaired) electrons. The zero-order valence-corrected chi connectivity index (χ0v) is 12.2. The van der Waals surface area contributed by atoms with Gasteiger partial charge in [-0.1, -0.05) is 0 Å². The van der Waals surface area contributed by atoms with Gasteiger partial charge in [0.2, 0.25) is 0 Å². The van der Waals surface area contributed by atoms with Crippen LogP contribution in [0.2, 0.25) is 0 Å². The number of halogens is 11. The van der Waals surface area contributed by atoms with E-state index in [1.807, 2.05) is 0 Å². The first-order chi connectivity index (χ1) is 6.65. The third kappa shape index (κ3) is 3.20. The van der Waals surface area contributed by atoms with Crippen LogP contribution in [0.25, 0.3) is 0 Å². The molecule has 0 rings (SSSR count). The number of hydrogen-bond donors (Lipinski definition) is 0. The summed E-state index contributed by atoms with van der Waals surface area (Å²) in [5.41, 5.74) is 0. The van der Waals surface area contributed by atoms with Gasteiger partial charge in [0.05, 0.1) is 0 Å². The Balaban J connectivity index is 5.30. The zero-order valence-electron chi connectivity index (χ0n) is 6.60. The molecular formula is C4AsCl2F8I.